The van der Waals surface area contributed by atoms with Gasteiger partial charge in [0.25, 0.3) is 0 Å². The fraction of sp³-hybridized carbons (Fsp3) is 0.385. The van der Waals surface area contributed by atoms with Crippen LogP contribution in [0.2, 0.25) is 0 Å². The molecule has 2 heterocycles. The Kier molecular flexibility index (Phi) is 4.31. The highest BCUT2D eigenvalue weighted by molar-refractivity contribution is 7.99. The van der Waals surface area contributed by atoms with Gasteiger partial charge in [-0.05, 0) is 51.6 Å². The molecule has 0 aliphatic rings. The zero-order valence-electron chi connectivity index (χ0n) is 11.6. The summed E-state index contributed by atoms with van der Waals surface area (Å²) in [6, 6.07) is 3.89. The van der Waals surface area contributed by atoms with Gasteiger partial charge in [0.15, 0.2) is 5.16 Å². The third-order valence-electron chi connectivity index (χ3n) is 2.32. The quantitative estimate of drug-likeness (QED) is 0.684. The Morgan fingerprint density at radius 2 is 1.58 bits per heavy atom. The highest BCUT2D eigenvalue weighted by atomic mass is 32.2. The number of hydrogen-bond donors (Lipinski definition) is 1. The zero-order chi connectivity index (χ0) is 13.8. The number of aryl methyl sites for hydroxylation is 3. The highest BCUT2D eigenvalue weighted by Crippen LogP contribution is 2.24. The molecule has 0 fully saturated rings. The number of anilines is 1. The maximum Gasteiger partial charge on any atom is 0.223 e. The minimum Gasteiger partial charge on any atom is -0.354 e. The van der Waals surface area contributed by atoms with E-state index in [2.05, 4.69) is 25.3 Å². The summed E-state index contributed by atoms with van der Waals surface area (Å²) in [4.78, 5) is 17.6. The molecule has 100 valence electrons. The second-order valence-electron chi connectivity index (χ2n) is 4.24. The number of nitrogens with one attached hydrogen (secondary N) is 1. The summed E-state index contributed by atoms with van der Waals surface area (Å²) in [5.41, 5.74) is 2.86. The molecule has 0 atom stereocenters. The van der Waals surface area contributed by atoms with Crippen molar-refractivity contribution in [2.45, 2.75) is 37.9 Å². The summed E-state index contributed by atoms with van der Waals surface area (Å²) in [5, 5.41) is 4.70. The molecule has 19 heavy (non-hydrogen) atoms. The van der Waals surface area contributed by atoms with Crippen molar-refractivity contribution in [3.05, 3.63) is 29.2 Å². The van der Waals surface area contributed by atoms with Crippen LogP contribution in [0, 0.1) is 20.8 Å². The average molecular weight is 275 g/mol. The minimum absolute atomic E-state index is 0.648. The molecule has 0 bridgehead atoms. The van der Waals surface area contributed by atoms with Gasteiger partial charge in [0.1, 0.15) is 5.03 Å². The van der Waals surface area contributed by atoms with E-state index in [0.717, 1.165) is 33.8 Å². The molecule has 2 rings (SSSR count). The molecule has 0 saturated carbocycles. The zero-order valence-corrected chi connectivity index (χ0v) is 12.4. The molecule has 0 radical (unpaired) electrons. The van der Waals surface area contributed by atoms with Crippen molar-refractivity contribution in [3.8, 4) is 0 Å². The number of aromatic nitrogens is 4. The van der Waals surface area contributed by atoms with Gasteiger partial charge >= 0.3 is 0 Å². The van der Waals surface area contributed by atoms with E-state index < -0.39 is 0 Å². The Bertz CT molecular complexity index is 565. The number of rotatable bonds is 4. The fourth-order valence-corrected chi connectivity index (χ4v) is 2.59. The fourth-order valence-electron chi connectivity index (χ4n) is 1.66. The van der Waals surface area contributed by atoms with Crippen molar-refractivity contribution in [1.29, 1.82) is 0 Å². The van der Waals surface area contributed by atoms with Gasteiger partial charge in [0.2, 0.25) is 5.95 Å². The summed E-state index contributed by atoms with van der Waals surface area (Å²) in [7, 11) is 0. The van der Waals surface area contributed by atoms with Crippen molar-refractivity contribution >= 4 is 17.7 Å². The predicted octanol–water partition coefficient (Wildman–Crippen LogP) is 2.77. The first-order chi connectivity index (χ1) is 9.06. The molecule has 6 heteroatoms. The van der Waals surface area contributed by atoms with Crippen LogP contribution in [0.3, 0.4) is 0 Å². The van der Waals surface area contributed by atoms with E-state index in [1.807, 2.05) is 39.8 Å². The summed E-state index contributed by atoms with van der Waals surface area (Å²) in [6.45, 7) is 8.70. The van der Waals surface area contributed by atoms with Gasteiger partial charge in [0.05, 0.1) is 0 Å². The van der Waals surface area contributed by atoms with Gasteiger partial charge < -0.3 is 5.32 Å². The van der Waals surface area contributed by atoms with Crippen LogP contribution in [-0.2, 0) is 0 Å². The molecule has 0 unspecified atom stereocenters. The lowest BCUT2D eigenvalue weighted by atomic mass is 10.4. The molecular weight excluding hydrogens is 258 g/mol. The van der Waals surface area contributed by atoms with E-state index >= 15 is 0 Å². The molecule has 0 aliphatic carbocycles. The maximum absolute atomic E-state index is 4.44. The van der Waals surface area contributed by atoms with E-state index in [0.29, 0.717) is 5.95 Å². The van der Waals surface area contributed by atoms with Crippen molar-refractivity contribution in [3.63, 3.8) is 0 Å². The van der Waals surface area contributed by atoms with Crippen molar-refractivity contribution < 1.29 is 0 Å². The molecule has 0 saturated heterocycles. The molecule has 0 amide bonds. The average Bonchev–Trinajstić information content (AvgIpc) is 2.26. The van der Waals surface area contributed by atoms with E-state index in [1.165, 1.54) is 11.8 Å². The first kappa shape index (κ1) is 13.7. The van der Waals surface area contributed by atoms with Crippen LogP contribution in [0.4, 0.5) is 5.95 Å². The van der Waals surface area contributed by atoms with E-state index in [1.54, 1.807) is 0 Å². The SMILES string of the molecule is CCNc1nc(C)cc(Sc2nc(C)cc(C)n2)n1. The van der Waals surface area contributed by atoms with Gasteiger partial charge in [0, 0.05) is 23.6 Å². The molecule has 0 spiro atoms. The lowest BCUT2D eigenvalue weighted by molar-refractivity contribution is 0.895. The number of hydrogen-bond acceptors (Lipinski definition) is 6. The molecule has 0 aromatic carbocycles. The van der Waals surface area contributed by atoms with Crippen LogP contribution in [0.25, 0.3) is 0 Å². The minimum atomic E-state index is 0.648. The third kappa shape index (κ3) is 3.89. The van der Waals surface area contributed by atoms with Crippen LogP contribution >= 0.6 is 11.8 Å². The lowest BCUT2D eigenvalue weighted by Gasteiger charge is -2.06. The Morgan fingerprint density at radius 1 is 0.947 bits per heavy atom. The number of nitrogens with zero attached hydrogens (tertiary/aromatic N) is 4. The standard InChI is InChI=1S/C13H17N5S/c1-5-14-12-15-10(4)7-11(18-12)19-13-16-8(2)6-9(3)17-13/h6-7H,5H2,1-4H3,(H,14,15,18). The summed E-state index contributed by atoms with van der Waals surface area (Å²) < 4.78 is 0. The smallest absolute Gasteiger partial charge is 0.223 e. The third-order valence-corrected chi connectivity index (χ3v) is 3.11. The van der Waals surface area contributed by atoms with Gasteiger partial charge in [-0.1, -0.05) is 0 Å². The van der Waals surface area contributed by atoms with Gasteiger partial charge in [-0.15, -0.1) is 0 Å². The van der Waals surface area contributed by atoms with Gasteiger partial charge in [-0.25, -0.2) is 19.9 Å². The monoisotopic (exact) mass is 275 g/mol. The van der Waals surface area contributed by atoms with Crippen LogP contribution in [-0.4, -0.2) is 26.5 Å². The largest absolute Gasteiger partial charge is 0.354 e. The molecule has 5 nitrogen and oxygen atoms in total. The second-order valence-corrected chi connectivity index (χ2v) is 5.22. The summed E-state index contributed by atoms with van der Waals surface area (Å²) >= 11 is 1.46. The Balaban J connectivity index is 2.27. The van der Waals surface area contributed by atoms with Crippen molar-refractivity contribution in [2.75, 3.05) is 11.9 Å². The molecule has 0 aliphatic heterocycles. The summed E-state index contributed by atoms with van der Waals surface area (Å²) in [5.74, 6) is 0.648. The van der Waals surface area contributed by atoms with E-state index in [4.69, 9.17) is 0 Å². The highest BCUT2D eigenvalue weighted by Gasteiger charge is 2.07. The van der Waals surface area contributed by atoms with Crippen LogP contribution in [0.15, 0.2) is 22.3 Å². The van der Waals surface area contributed by atoms with Crippen LogP contribution < -0.4 is 5.32 Å². The second kappa shape index (κ2) is 5.97. The molecule has 2 aromatic rings. The summed E-state index contributed by atoms with van der Waals surface area (Å²) in [6.07, 6.45) is 0. The van der Waals surface area contributed by atoms with Crippen LogP contribution in [0.5, 0.6) is 0 Å². The Hall–Kier alpha value is -1.69. The lowest BCUT2D eigenvalue weighted by Crippen LogP contribution is -2.03. The van der Waals surface area contributed by atoms with Crippen molar-refractivity contribution in [2.24, 2.45) is 0 Å². The molecule has 1 N–H and O–H groups in total. The first-order valence-electron chi connectivity index (χ1n) is 6.16. The first-order valence-corrected chi connectivity index (χ1v) is 6.98. The van der Waals surface area contributed by atoms with Gasteiger partial charge in [-0.2, -0.15) is 0 Å². The molecule has 2 aromatic heterocycles. The van der Waals surface area contributed by atoms with Crippen LogP contribution in [0.1, 0.15) is 24.0 Å². The van der Waals surface area contributed by atoms with E-state index in [-0.39, 0.29) is 0 Å². The molecular formula is C13H17N5S. The van der Waals surface area contributed by atoms with Gasteiger partial charge in [-0.3, -0.25) is 0 Å². The predicted molar refractivity (Wildman–Crippen MR) is 76.6 cm³/mol. The Morgan fingerprint density at radius 3 is 2.21 bits per heavy atom. The topological polar surface area (TPSA) is 63.6 Å². The maximum atomic E-state index is 4.44. The van der Waals surface area contributed by atoms with E-state index in [9.17, 15) is 0 Å². The Labute approximate surface area is 117 Å². The van der Waals surface area contributed by atoms with Crippen molar-refractivity contribution in [1.82, 2.24) is 19.9 Å². The normalized spacial score (nSPS) is 10.5.